The average Bonchev–Trinajstić information content (AvgIpc) is 3.34. The lowest BCUT2D eigenvalue weighted by molar-refractivity contribution is -0.129. The van der Waals surface area contributed by atoms with Gasteiger partial charge in [0.05, 0.1) is 12.4 Å². The summed E-state index contributed by atoms with van der Waals surface area (Å²) in [4.78, 5) is 21.4. The number of likely N-dealkylation sites (N-methyl/N-ethyl adjacent to an activating group) is 1. The number of carbonyl (C=O) groups excluding carboxylic acids is 1. The first-order valence-electron chi connectivity index (χ1n) is 10.3. The monoisotopic (exact) mass is 400 g/mol. The van der Waals surface area contributed by atoms with E-state index in [0.717, 1.165) is 5.56 Å². The van der Waals surface area contributed by atoms with Crippen molar-refractivity contribution in [2.45, 2.75) is 38.0 Å². The van der Waals surface area contributed by atoms with Gasteiger partial charge < -0.3 is 14.4 Å². The van der Waals surface area contributed by atoms with E-state index in [-0.39, 0.29) is 18.0 Å². The number of benzene rings is 2. The molecule has 0 saturated carbocycles. The van der Waals surface area contributed by atoms with E-state index in [1.165, 1.54) is 5.56 Å². The molecule has 1 unspecified atom stereocenters. The first kappa shape index (κ1) is 20.0. The lowest BCUT2D eigenvalue weighted by Gasteiger charge is -2.36. The van der Waals surface area contributed by atoms with Crippen molar-refractivity contribution in [2.75, 3.05) is 7.05 Å². The van der Waals surface area contributed by atoms with E-state index in [2.05, 4.69) is 64.8 Å². The van der Waals surface area contributed by atoms with Gasteiger partial charge >= 0.3 is 0 Å². The van der Waals surface area contributed by atoms with Crippen molar-refractivity contribution in [1.82, 2.24) is 19.4 Å². The van der Waals surface area contributed by atoms with E-state index < -0.39 is 5.66 Å². The van der Waals surface area contributed by atoms with Gasteiger partial charge in [-0.3, -0.25) is 4.79 Å². The second-order valence-corrected chi connectivity index (χ2v) is 8.21. The highest BCUT2D eigenvalue weighted by Crippen LogP contribution is 2.33. The van der Waals surface area contributed by atoms with E-state index in [1.807, 2.05) is 60.9 Å². The molecule has 1 aromatic heterocycles. The Morgan fingerprint density at radius 2 is 1.73 bits per heavy atom. The Morgan fingerprint density at radius 3 is 2.37 bits per heavy atom. The van der Waals surface area contributed by atoms with Crippen molar-refractivity contribution in [3.05, 3.63) is 103 Å². The molecular formula is C25H28N4O. The summed E-state index contributed by atoms with van der Waals surface area (Å²) in [7, 11) is 1.89. The minimum Gasteiger partial charge on any atom is -0.343 e. The highest BCUT2D eigenvalue weighted by atomic mass is 16.2. The van der Waals surface area contributed by atoms with Gasteiger partial charge in [-0.25, -0.2) is 4.98 Å². The van der Waals surface area contributed by atoms with Crippen molar-refractivity contribution in [3.63, 3.8) is 0 Å². The molecule has 0 N–H and O–H groups in total. The second-order valence-electron chi connectivity index (χ2n) is 8.21. The topological polar surface area (TPSA) is 41.4 Å². The number of imidazole rings is 1. The van der Waals surface area contributed by atoms with E-state index >= 15 is 0 Å². The quantitative estimate of drug-likeness (QED) is 0.625. The van der Waals surface area contributed by atoms with Gasteiger partial charge in [0.15, 0.2) is 0 Å². The van der Waals surface area contributed by atoms with Crippen molar-refractivity contribution in [3.8, 4) is 0 Å². The molecule has 1 aliphatic heterocycles. The molecule has 5 heteroatoms. The molecule has 5 nitrogen and oxygen atoms in total. The number of amides is 1. The zero-order valence-electron chi connectivity index (χ0n) is 17.7. The van der Waals surface area contributed by atoms with Gasteiger partial charge in [0, 0.05) is 32.1 Å². The predicted molar refractivity (Wildman–Crippen MR) is 119 cm³/mol. The number of hydrogen-bond donors (Lipinski definition) is 0. The SMILES string of the molecule is CN1C(=O)[C@H](Cc2ccccc2)N(/C=C/C(c2ccccc2)n2ccnc2)C1(C)C. The van der Waals surface area contributed by atoms with Gasteiger partial charge in [0.1, 0.15) is 11.7 Å². The van der Waals surface area contributed by atoms with Crippen LogP contribution in [0.1, 0.15) is 31.0 Å². The Kier molecular flexibility index (Phi) is 5.44. The molecule has 1 aliphatic rings. The van der Waals surface area contributed by atoms with Gasteiger partial charge in [-0.2, -0.15) is 0 Å². The van der Waals surface area contributed by atoms with Gasteiger partial charge in [0.2, 0.25) is 5.91 Å². The Bertz CT molecular complexity index is 996. The molecule has 1 amide bonds. The number of hydrogen-bond acceptors (Lipinski definition) is 3. The maximum atomic E-state index is 13.1. The zero-order chi connectivity index (χ0) is 21.1. The third-order valence-corrected chi connectivity index (χ3v) is 6.09. The molecule has 154 valence electrons. The third-order valence-electron chi connectivity index (χ3n) is 6.09. The summed E-state index contributed by atoms with van der Waals surface area (Å²) in [6.07, 6.45) is 10.5. The molecule has 2 aromatic carbocycles. The standard InChI is InChI=1S/C25H28N4O/c1-25(2)27(3)24(30)23(18-20-10-6-4-7-11-20)29(25)16-14-22(28-17-15-26-19-28)21-12-8-5-9-13-21/h4-17,19,22-23H,18H2,1-3H3/b16-14+/t22?,23-/m0/s1. The van der Waals surface area contributed by atoms with Crippen LogP contribution in [0, 0.1) is 0 Å². The zero-order valence-corrected chi connectivity index (χ0v) is 17.7. The molecule has 4 rings (SSSR count). The Balaban J connectivity index is 1.68. The fourth-order valence-corrected chi connectivity index (χ4v) is 4.12. The fourth-order valence-electron chi connectivity index (χ4n) is 4.12. The summed E-state index contributed by atoms with van der Waals surface area (Å²) in [5.74, 6) is 0.146. The van der Waals surface area contributed by atoms with Crippen molar-refractivity contribution in [1.29, 1.82) is 0 Å². The van der Waals surface area contributed by atoms with Crippen LogP contribution in [0.3, 0.4) is 0 Å². The molecule has 1 saturated heterocycles. The van der Waals surface area contributed by atoms with Crippen LogP contribution >= 0.6 is 0 Å². The van der Waals surface area contributed by atoms with E-state index in [0.29, 0.717) is 6.42 Å². The largest absolute Gasteiger partial charge is 0.343 e. The van der Waals surface area contributed by atoms with E-state index in [1.54, 1.807) is 6.20 Å². The van der Waals surface area contributed by atoms with E-state index in [9.17, 15) is 4.79 Å². The third kappa shape index (κ3) is 3.75. The number of carbonyl (C=O) groups is 1. The molecule has 0 aliphatic carbocycles. The first-order chi connectivity index (χ1) is 14.5. The molecule has 30 heavy (non-hydrogen) atoms. The summed E-state index contributed by atoms with van der Waals surface area (Å²) in [6.45, 7) is 4.18. The summed E-state index contributed by atoms with van der Waals surface area (Å²) >= 11 is 0. The highest BCUT2D eigenvalue weighted by Gasteiger charge is 2.47. The molecule has 2 atom stereocenters. The van der Waals surface area contributed by atoms with Crippen LogP contribution in [-0.2, 0) is 11.2 Å². The molecule has 0 bridgehead atoms. The lowest BCUT2D eigenvalue weighted by Crippen LogP contribution is -2.46. The van der Waals surface area contributed by atoms with Crippen LogP contribution in [0.5, 0.6) is 0 Å². The lowest BCUT2D eigenvalue weighted by atomic mass is 10.0. The van der Waals surface area contributed by atoms with Gasteiger partial charge in [0.25, 0.3) is 0 Å². The van der Waals surface area contributed by atoms with Crippen molar-refractivity contribution in [2.24, 2.45) is 0 Å². The number of nitrogens with zero attached hydrogens (tertiary/aromatic N) is 4. The van der Waals surface area contributed by atoms with Crippen LogP contribution in [-0.4, -0.2) is 44.0 Å². The molecule has 0 spiro atoms. The van der Waals surface area contributed by atoms with E-state index in [4.69, 9.17) is 0 Å². The summed E-state index contributed by atoms with van der Waals surface area (Å²) in [6, 6.07) is 20.3. The molecular weight excluding hydrogens is 372 g/mol. The van der Waals surface area contributed by atoms with Gasteiger partial charge in [-0.1, -0.05) is 60.7 Å². The Hall–Kier alpha value is -3.34. The van der Waals surface area contributed by atoms with Crippen molar-refractivity contribution >= 4 is 5.91 Å². The number of aromatic nitrogens is 2. The minimum atomic E-state index is -0.413. The molecule has 3 aromatic rings. The summed E-state index contributed by atoms with van der Waals surface area (Å²) in [5.41, 5.74) is 1.92. The fraction of sp³-hybridized carbons (Fsp3) is 0.280. The maximum Gasteiger partial charge on any atom is 0.247 e. The van der Waals surface area contributed by atoms with Crippen LogP contribution in [0.25, 0.3) is 0 Å². The van der Waals surface area contributed by atoms with Crippen molar-refractivity contribution < 1.29 is 4.79 Å². The molecule has 1 fully saturated rings. The number of allylic oxidation sites excluding steroid dienone is 1. The summed E-state index contributed by atoms with van der Waals surface area (Å²) < 4.78 is 2.08. The Morgan fingerprint density at radius 1 is 1.07 bits per heavy atom. The summed E-state index contributed by atoms with van der Waals surface area (Å²) in [5, 5.41) is 0. The normalized spacial score (nSPS) is 19.6. The minimum absolute atomic E-state index is 0.00267. The average molecular weight is 401 g/mol. The molecule has 2 heterocycles. The molecule has 0 radical (unpaired) electrons. The van der Waals surface area contributed by atoms with Crippen LogP contribution in [0.2, 0.25) is 0 Å². The van der Waals surface area contributed by atoms with Gasteiger partial charge in [-0.15, -0.1) is 0 Å². The van der Waals surface area contributed by atoms with Crippen LogP contribution < -0.4 is 0 Å². The van der Waals surface area contributed by atoms with Crippen LogP contribution in [0.4, 0.5) is 0 Å². The highest BCUT2D eigenvalue weighted by molar-refractivity contribution is 5.85. The Labute approximate surface area is 178 Å². The van der Waals surface area contributed by atoms with Crippen LogP contribution in [0.15, 0.2) is 91.7 Å². The predicted octanol–water partition coefficient (Wildman–Crippen LogP) is 4.11. The second kappa shape index (κ2) is 8.19. The smallest absolute Gasteiger partial charge is 0.247 e. The first-order valence-corrected chi connectivity index (χ1v) is 10.3. The number of rotatable bonds is 6. The van der Waals surface area contributed by atoms with Gasteiger partial charge in [-0.05, 0) is 31.1 Å². The maximum absolute atomic E-state index is 13.1.